The van der Waals surface area contributed by atoms with Crippen LogP contribution in [0.5, 0.6) is 0 Å². The Labute approximate surface area is 123 Å². The summed E-state index contributed by atoms with van der Waals surface area (Å²) in [7, 11) is 0. The van der Waals surface area contributed by atoms with Gasteiger partial charge in [0.05, 0.1) is 13.0 Å². The number of hydrogen-bond donors (Lipinski definition) is 2. The molecule has 1 aromatic rings. The lowest BCUT2D eigenvalue weighted by molar-refractivity contribution is -0.137. The van der Waals surface area contributed by atoms with Crippen LogP contribution in [0.2, 0.25) is 0 Å². The van der Waals surface area contributed by atoms with Gasteiger partial charge in [-0.25, -0.2) is 0 Å². The Morgan fingerprint density at radius 3 is 2.90 bits per heavy atom. The fraction of sp³-hybridized carbons (Fsp3) is 0.500. The number of rotatable bonds is 5. The third-order valence-corrected chi connectivity index (χ3v) is 4.29. The molecule has 5 heteroatoms. The summed E-state index contributed by atoms with van der Waals surface area (Å²) >= 11 is 0. The Morgan fingerprint density at radius 2 is 2.24 bits per heavy atom. The van der Waals surface area contributed by atoms with Crippen LogP contribution in [0.1, 0.15) is 30.7 Å². The third-order valence-electron chi connectivity index (χ3n) is 4.29. The van der Waals surface area contributed by atoms with Crippen molar-refractivity contribution >= 4 is 17.6 Å². The van der Waals surface area contributed by atoms with E-state index in [1.54, 1.807) is 4.90 Å². The van der Waals surface area contributed by atoms with Crippen molar-refractivity contribution in [1.29, 1.82) is 0 Å². The van der Waals surface area contributed by atoms with Crippen LogP contribution in [-0.4, -0.2) is 36.6 Å². The first-order chi connectivity index (χ1) is 10.1. The number of amides is 1. The average Bonchev–Trinajstić information content (AvgIpc) is 3.30. The van der Waals surface area contributed by atoms with Gasteiger partial charge in [-0.2, -0.15) is 0 Å². The van der Waals surface area contributed by atoms with Gasteiger partial charge in [-0.05, 0) is 42.4 Å². The van der Waals surface area contributed by atoms with Crippen molar-refractivity contribution in [2.24, 2.45) is 5.92 Å². The first-order valence-electron chi connectivity index (χ1n) is 7.48. The van der Waals surface area contributed by atoms with Gasteiger partial charge in [0.25, 0.3) is 0 Å². The molecular weight excluding hydrogens is 268 g/mol. The van der Waals surface area contributed by atoms with Crippen molar-refractivity contribution in [3.63, 3.8) is 0 Å². The molecule has 1 heterocycles. The molecule has 5 nitrogen and oxygen atoms in total. The molecule has 1 unspecified atom stereocenters. The molecule has 1 amide bonds. The van der Waals surface area contributed by atoms with Crippen LogP contribution < -0.4 is 10.2 Å². The van der Waals surface area contributed by atoms with Crippen LogP contribution >= 0.6 is 0 Å². The lowest BCUT2D eigenvalue weighted by atomic mass is 9.90. The van der Waals surface area contributed by atoms with E-state index in [0.29, 0.717) is 19.0 Å². The zero-order valence-electron chi connectivity index (χ0n) is 11.9. The predicted molar refractivity (Wildman–Crippen MR) is 79.4 cm³/mol. The van der Waals surface area contributed by atoms with Crippen molar-refractivity contribution in [1.82, 2.24) is 5.32 Å². The Morgan fingerprint density at radius 1 is 1.43 bits per heavy atom. The van der Waals surface area contributed by atoms with Gasteiger partial charge in [-0.3, -0.25) is 9.59 Å². The molecule has 21 heavy (non-hydrogen) atoms. The van der Waals surface area contributed by atoms with Gasteiger partial charge in [0.1, 0.15) is 0 Å². The third kappa shape index (κ3) is 3.24. The van der Waals surface area contributed by atoms with E-state index in [4.69, 9.17) is 5.11 Å². The van der Waals surface area contributed by atoms with E-state index in [0.717, 1.165) is 30.6 Å². The van der Waals surface area contributed by atoms with Crippen LogP contribution in [-0.2, 0) is 9.59 Å². The molecule has 2 fully saturated rings. The summed E-state index contributed by atoms with van der Waals surface area (Å²) in [6.45, 7) is 1.82. The number of carbonyl (C=O) groups is 2. The maximum atomic E-state index is 12.0. The number of nitrogens with zero attached hydrogens (tertiary/aromatic N) is 1. The molecule has 1 aliphatic heterocycles. The lowest BCUT2D eigenvalue weighted by Gasteiger charge is -2.28. The highest BCUT2D eigenvalue weighted by molar-refractivity contribution is 5.95. The monoisotopic (exact) mass is 288 g/mol. The van der Waals surface area contributed by atoms with E-state index in [2.05, 4.69) is 5.32 Å². The van der Waals surface area contributed by atoms with Gasteiger partial charge in [-0.1, -0.05) is 12.1 Å². The standard InChI is InChI=1S/C16H20N2O3/c19-15-10-17-6-7-18(15)13-3-1-2-12(8-13)14(9-16(20)21)11-4-5-11/h1-3,8,11,14,17H,4-7,9-10H2,(H,20,21). The summed E-state index contributed by atoms with van der Waals surface area (Å²) in [6.07, 6.45) is 2.38. The zero-order chi connectivity index (χ0) is 14.8. The Hall–Kier alpha value is -1.88. The quantitative estimate of drug-likeness (QED) is 0.863. The highest BCUT2D eigenvalue weighted by atomic mass is 16.4. The fourth-order valence-corrected chi connectivity index (χ4v) is 3.05. The molecule has 1 saturated carbocycles. The number of carbonyl (C=O) groups excluding carboxylic acids is 1. The molecule has 1 aromatic carbocycles. The number of nitrogens with one attached hydrogen (secondary N) is 1. The molecule has 2 N–H and O–H groups in total. The van der Waals surface area contributed by atoms with Gasteiger partial charge in [0.15, 0.2) is 0 Å². The second-order valence-corrected chi connectivity index (χ2v) is 5.86. The molecule has 2 aliphatic rings. The molecule has 1 aliphatic carbocycles. The maximum absolute atomic E-state index is 12.0. The lowest BCUT2D eigenvalue weighted by Crippen LogP contribution is -2.48. The van der Waals surface area contributed by atoms with E-state index >= 15 is 0 Å². The van der Waals surface area contributed by atoms with Crippen molar-refractivity contribution in [2.75, 3.05) is 24.5 Å². The summed E-state index contributed by atoms with van der Waals surface area (Å²) in [5, 5.41) is 12.2. The summed E-state index contributed by atoms with van der Waals surface area (Å²) in [5.41, 5.74) is 1.93. The summed E-state index contributed by atoms with van der Waals surface area (Å²) < 4.78 is 0. The van der Waals surface area contributed by atoms with Crippen molar-refractivity contribution in [3.05, 3.63) is 29.8 Å². The van der Waals surface area contributed by atoms with Crippen molar-refractivity contribution < 1.29 is 14.7 Å². The van der Waals surface area contributed by atoms with Gasteiger partial charge >= 0.3 is 5.97 Å². The van der Waals surface area contributed by atoms with E-state index in [1.165, 1.54) is 0 Å². The van der Waals surface area contributed by atoms with Gasteiger partial charge in [-0.15, -0.1) is 0 Å². The number of hydrogen-bond acceptors (Lipinski definition) is 3. The number of piperazine rings is 1. The fourth-order valence-electron chi connectivity index (χ4n) is 3.05. The Balaban J connectivity index is 1.84. The predicted octanol–water partition coefficient (Wildman–Crippen LogP) is 1.59. The Bertz CT molecular complexity index is 554. The summed E-state index contributed by atoms with van der Waals surface area (Å²) in [6, 6.07) is 7.84. The van der Waals surface area contributed by atoms with Crippen LogP contribution in [0.4, 0.5) is 5.69 Å². The first kappa shape index (κ1) is 14.1. The molecule has 112 valence electrons. The van der Waals surface area contributed by atoms with Crippen LogP contribution in [0.15, 0.2) is 24.3 Å². The van der Waals surface area contributed by atoms with Crippen LogP contribution in [0.3, 0.4) is 0 Å². The second-order valence-electron chi connectivity index (χ2n) is 5.86. The van der Waals surface area contributed by atoms with Crippen LogP contribution in [0.25, 0.3) is 0 Å². The van der Waals surface area contributed by atoms with Gasteiger partial charge in [0, 0.05) is 18.8 Å². The van der Waals surface area contributed by atoms with Gasteiger partial charge < -0.3 is 15.3 Å². The molecule has 1 saturated heterocycles. The summed E-state index contributed by atoms with van der Waals surface area (Å²) in [4.78, 5) is 24.8. The maximum Gasteiger partial charge on any atom is 0.303 e. The molecule has 1 atom stereocenters. The van der Waals surface area contributed by atoms with Crippen molar-refractivity contribution in [2.45, 2.75) is 25.2 Å². The smallest absolute Gasteiger partial charge is 0.303 e. The molecular formula is C16H20N2O3. The number of aliphatic carboxylic acids is 1. The minimum absolute atomic E-state index is 0.0691. The normalized spacial score (nSPS) is 20.4. The van der Waals surface area contributed by atoms with Crippen LogP contribution in [0, 0.1) is 5.92 Å². The molecule has 0 bridgehead atoms. The molecule has 0 spiro atoms. The zero-order valence-corrected chi connectivity index (χ0v) is 11.9. The first-order valence-corrected chi connectivity index (χ1v) is 7.48. The number of benzene rings is 1. The minimum Gasteiger partial charge on any atom is -0.481 e. The topological polar surface area (TPSA) is 69.6 Å². The van der Waals surface area contributed by atoms with E-state index in [9.17, 15) is 9.59 Å². The molecule has 0 aromatic heterocycles. The highest BCUT2D eigenvalue weighted by Gasteiger charge is 2.34. The second kappa shape index (κ2) is 5.85. The van der Waals surface area contributed by atoms with E-state index < -0.39 is 5.97 Å². The number of carboxylic acid groups (broad SMARTS) is 1. The van der Waals surface area contributed by atoms with Crippen molar-refractivity contribution in [3.8, 4) is 0 Å². The van der Waals surface area contributed by atoms with E-state index in [-0.39, 0.29) is 18.2 Å². The largest absolute Gasteiger partial charge is 0.481 e. The van der Waals surface area contributed by atoms with E-state index in [1.807, 2.05) is 24.3 Å². The minimum atomic E-state index is -0.754. The molecule has 0 radical (unpaired) electrons. The van der Waals surface area contributed by atoms with Gasteiger partial charge in [0.2, 0.25) is 5.91 Å². The SMILES string of the molecule is O=C(O)CC(c1cccc(N2CCNCC2=O)c1)C1CC1. The molecule has 3 rings (SSSR count). The number of anilines is 1. The average molecular weight is 288 g/mol. The Kier molecular flexibility index (Phi) is 3.92. The number of carboxylic acids is 1. The highest BCUT2D eigenvalue weighted by Crippen LogP contribution is 2.45. The summed E-state index contributed by atoms with van der Waals surface area (Å²) in [5.74, 6) is -0.134.